The number of halogens is 1. The Hall–Kier alpha value is -1.32. The zero-order chi connectivity index (χ0) is 14.7. The van der Waals surface area contributed by atoms with Crippen LogP contribution in [-0.2, 0) is 6.54 Å². The van der Waals surface area contributed by atoms with Crippen LogP contribution in [0.25, 0.3) is 5.69 Å². The molecule has 1 atom stereocenters. The van der Waals surface area contributed by atoms with Crippen LogP contribution in [0.1, 0.15) is 37.1 Å². The van der Waals surface area contributed by atoms with Gasteiger partial charge in [0, 0.05) is 28.9 Å². The summed E-state index contributed by atoms with van der Waals surface area (Å²) in [6, 6.07) is 6.44. The molecule has 0 aliphatic heterocycles. The second kappa shape index (κ2) is 6.42. The molecule has 0 saturated carbocycles. The van der Waals surface area contributed by atoms with Gasteiger partial charge in [0.1, 0.15) is 0 Å². The van der Waals surface area contributed by atoms with E-state index < -0.39 is 0 Å². The van der Waals surface area contributed by atoms with Crippen molar-refractivity contribution in [2.24, 2.45) is 0 Å². The lowest BCUT2D eigenvalue weighted by molar-refractivity contribution is 0.533. The predicted octanol–water partition coefficient (Wildman–Crippen LogP) is 4.03. The number of hydrogen-bond donors (Lipinski definition) is 1. The molecule has 0 bridgehead atoms. The van der Waals surface area contributed by atoms with Gasteiger partial charge in [-0.15, -0.1) is 0 Å². The van der Waals surface area contributed by atoms with Gasteiger partial charge in [0.2, 0.25) is 0 Å². The van der Waals surface area contributed by atoms with Crippen LogP contribution in [0.3, 0.4) is 0 Å². The number of hydrogen-bond acceptors (Lipinski definition) is 2. The third-order valence-electron chi connectivity index (χ3n) is 3.83. The minimum atomic E-state index is 0.519. The minimum absolute atomic E-state index is 0.519. The van der Waals surface area contributed by atoms with E-state index in [0.29, 0.717) is 6.04 Å². The molecule has 3 nitrogen and oxygen atoms in total. The van der Waals surface area contributed by atoms with E-state index in [1.165, 1.54) is 5.56 Å². The fourth-order valence-corrected chi connectivity index (χ4v) is 2.28. The molecule has 0 aliphatic rings. The maximum atomic E-state index is 6.19. The summed E-state index contributed by atoms with van der Waals surface area (Å²) in [6.07, 6.45) is 3.06. The maximum absolute atomic E-state index is 6.19. The van der Waals surface area contributed by atoms with Gasteiger partial charge in [-0.25, -0.2) is 4.68 Å². The third-order valence-corrected chi connectivity index (χ3v) is 4.24. The normalized spacial score (nSPS) is 12.7. The zero-order valence-corrected chi connectivity index (χ0v) is 13.3. The molecule has 20 heavy (non-hydrogen) atoms. The first kappa shape index (κ1) is 15.1. The monoisotopic (exact) mass is 291 g/mol. The van der Waals surface area contributed by atoms with Crippen molar-refractivity contribution in [2.75, 3.05) is 0 Å². The molecule has 0 aliphatic carbocycles. The molecule has 2 rings (SSSR count). The van der Waals surface area contributed by atoms with E-state index in [2.05, 4.69) is 31.2 Å². The van der Waals surface area contributed by atoms with E-state index in [1.54, 1.807) is 0 Å². The molecule has 1 N–H and O–H groups in total. The molecule has 2 aromatic rings. The van der Waals surface area contributed by atoms with Gasteiger partial charge in [-0.2, -0.15) is 5.10 Å². The Labute approximate surface area is 126 Å². The van der Waals surface area contributed by atoms with Gasteiger partial charge in [-0.3, -0.25) is 0 Å². The predicted molar refractivity (Wildman–Crippen MR) is 84.6 cm³/mol. The summed E-state index contributed by atoms with van der Waals surface area (Å²) in [4.78, 5) is 0. The van der Waals surface area contributed by atoms with Gasteiger partial charge in [-0.1, -0.05) is 24.6 Å². The first-order valence-corrected chi connectivity index (χ1v) is 7.44. The maximum Gasteiger partial charge on any atom is 0.0692 e. The molecule has 0 radical (unpaired) electrons. The smallest absolute Gasteiger partial charge is 0.0692 e. The lowest BCUT2D eigenvalue weighted by Gasteiger charge is -2.12. The van der Waals surface area contributed by atoms with Gasteiger partial charge in [-0.05, 0) is 44.9 Å². The first-order valence-electron chi connectivity index (χ1n) is 7.07. The topological polar surface area (TPSA) is 29.9 Å². The molecule has 108 valence electrons. The molecule has 1 aromatic heterocycles. The van der Waals surface area contributed by atoms with E-state index >= 15 is 0 Å². The molecule has 0 fully saturated rings. The van der Waals surface area contributed by atoms with Crippen LogP contribution in [0.4, 0.5) is 0 Å². The minimum Gasteiger partial charge on any atom is -0.310 e. The quantitative estimate of drug-likeness (QED) is 0.901. The van der Waals surface area contributed by atoms with Crippen molar-refractivity contribution < 1.29 is 0 Å². The molecular formula is C16H22ClN3. The Morgan fingerprint density at radius 1 is 1.35 bits per heavy atom. The van der Waals surface area contributed by atoms with Crippen LogP contribution in [0.5, 0.6) is 0 Å². The third kappa shape index (κ3) is 3.05. The highest BCUT2D eigenvalue weighted by molar-refractivity contribution is 6.31. The Morgan fingerprint density at radius 2 is 2.10 bits per heavy atom. The summed E-state index contributed by atoms with van der Waals surface area (Å²) in [7, 11) is 0. The number of benzene rings is 1. The second-order valence-electron chi connectivity index (χ2n) is 5.24. The van der Waals surface area contributed by atoms with Crippen molar-refractivity contribution in [1.29, 1.82) is 0 Å². The fourth-order valence-electron chi connectivity index (χ4n) is 2.11. The number of rotatable bonds is 5. The Morgan fingerprint density at radius 3 is 2.80 bits per heavy atom. The molecule has 0 amide bonds. The van der Waals surface area contributed by atoms with E-state index in [1.807, 2.05) is 36.0 Å². The average molecular weight is 292 g/mol. The van der Waals surface area contributed by atoms with E-state index in [0.717, 1.165) is 34.9 Å². The van der Waals surface area contributed by atoms with Crippen LogP contribution in [0, 0.1) is 13.8 Å². The van der Waals surface area contributed by atoms with Gasteiger partial charge in [0.05, 0.1) is 11.9 Å². The van der Waals surface area contributed by atoms with Crippen LogP contribution in [0.15, 0.2) is 24.4 Å². The molecular weight excluding hydrogens is 270 g/mol. The summed E-state index contributed by atoms with van der Waals surface area (Å²) in [6.45, 7) is 9.35. The van der Waals surface area contributed by atoms with Gasteiger partial charge >= 0.3 is 0 Å². The molecule has 4 heteroatoms. The Kier molecular flexibility index (Phi) is 4.84. The molecule has 1 heterocycles. The fraction of sp³-hybridized carbons (Fsp3) is 0.438. The summed E-state index contributed by atoms with van der Waals surface area (Å²) in [5.41, 5.74) is 4.49. The number of aromatic nitrogens is 2. The lowest BCUT2D eigenvalue weighted by Crippen LogP contribution is -2.24. The summed E-state index contributed by atoms with van der Waals surface area (Å²) in [5, 5.41) is 8.79. The van der Waals surface area contributed by atoms with Crippen LogP contribution in [-0.4, -0.2) is 15.8 Å². The van der Waals surface area contributed by atoms with Crippen molar-refractivity contribution in [2.45, 2.75) is 46.7 Å². The second-order valence-corrected chi connectivity index (χ2v) is 5.65. The van der Waals surface area contributed by atoms with Gasteiger partial charge in [0.25, 0.3) is 0 Å². The zero-order valence-electron chi connectivity index (χ0n) is 12.6. The van der Waals surface area contributed by atoms with E-state index in [4.69, 9.17) is 11.6 Å². The average Bonchev–Trinajstić information content (AvgIpc) is 2.80. The lowest BCUT2D eigenvalue weighted by atomic mass is 10.2. The van der Waals surface area contributed by atoms with Gasteiger partial charge in [0.15, 0.2) is 0 Å². The van der Waals surface area contributed by atoms with E-state index in [9.17, 15) is 0 Å². The van der Waals surface area contributed by atoms with Crippen molar-refractivity contribution in [1.82, 2.24) is 15.1 Å². The number of nitrogens with one attached hydrogen (secondary N) is 1. The van der Waals surface area contributed by atoms with Crippen molar-refractivity contribution in [3.05, 3.63) is 46.2 Å². The van der Waals surface area contributed by atoms with Crippen molar-refractivity contribution >= 4 is 11.6 Å². The Bertz CT molecular complexity index is 589. The largest absolute Gasteiger partial charge is 0.310 e. The summed E-state index contributed by atoms with van der Waals surface area (Å²) < 4.78 is 1.97. The Balaban J connectivity index is 2.26. The highest BCUT2D eigenvalue weighted by Crippen LogP contribution is 2.23. The van der Waals surface area contributed by atoms with Crippen LogP contribution in [0.2, 0.25) is 5.02 Å². The summed E-state index contributed by atoms with van der Waals surface area (Å²) in [5.74, 6) is 0. The van der Waals surface area contributed by atoms with Gasteiger partial charge < -0.3 is 5.32 Å². The summed E-state index contributed by atoms with van der Waals surface area (Å²) >= 11 is 6.19. The van der Waals surface area contributed by atoms with Crippen molar-refractivity contribution in [3.8, 4) is 5.69 Å². The van der Waals surface area contributed by atoms with Crippen LogP contribution >= 0.6 is 11.6 Å². The SMILES string of the molecule is CCC(C)NCc1cnn(-c2cccc(Cl)c2C)c1C. The highest BCUT2D eigenvalue weighted by Gasteiger charge is 2.11. The standard InChI is InChI=1S/C16H22ClN3/c1-5-11(2)18-9-14-10-19-20(13(14)4)16-8-6-7-15(17)12(16)3/h6-8,10-11,18H,5,9H2,1-4H3. The molecule has 1 unspecified atom stereocenters. The molecule has 1 aromatic carbocycles. The molecule has 0 saturated heterocycles. The highest BCUT2D eigenvalue weighted by atomic mass is 35.5. The first-order chi connectivity index (χ1) is 9.54. The van der Waals surface area contributed by atoms with Crippen LogP contribution < -0.4 is 5.32 Å². The number of nitrogens with zero attached hydrogens (tertiary/aromatic N) is 2. The van der Waals surface area contributed by atoms with E-state index in [-0.39, 0.29) is 0 Å². The van der Waals surface area contributed by atoms with Crippen molar-refractivity contribution in [3.63, 3.8) is 0 Å². The molecule has 0 spiro atoms.